The molecule has 0 amide bonds. The van der Waals surface area contributed by atoms with Crippen molar-refractivity contribution in [3.8, 4) is 0 Å². The highest BCUT2D eigenvalue weighted by Gasteiger charge is 2.14. The maximum atomic E-state index is 4.60. The molecule has 0 aliphatic carbocycles. The van der Waals surface area contributed by atoms with E-state index in [2.05, 4.69) is 57.4 Å². The average Bonchev–Trinajstić information content (AvgIpc) is 3.03. The monoisotopic (exact) mass is 340 g/mol. The summed E-state index contributed by atoms with van der Waals surface area (Å²) in [5.41, 5.74) is 3.19. The molecular formula is C13H21BrN6. The SMILES string of the molecule is CCNCc1cn(Cc2c(Br)c(CC)nn2CC)nn1. The molecule has 2 aromatic rings. The standard InChI is InChI=1S/C13H21BrN6/c1-4-11-13(14)12(20(6-3)17-11)9-19-8-10(16-18-19)7-15-5-2/h8,15H,4-7,9H2,1-3H3. The first-order chi connectivity index (χ1) is 9.69. The molecule has 7 heteroatoms. The average molecular weight is 341 g/mol. The van der Waals surface area contributed by atoms with E-state index >= 15 is 0 Å². The van der Waals surface area contributed by atoms with Crippen LogP contribution in [0.5, 0.6) is 0 Å². The zero-order valence-electron chi connectivity index (χ0n) is 12.2. The van der Waals surface area contributed by atoms with Crippen LogP contribution in [-0.2, 0) is 26.1 Å². The third-order valence-corrected chi connectivity index (χ3v) is 4.06. The first kappa shape index (κ1) is 15.2. The van der Waals surface area contributed by atoms with Crippen LogP contribution < -0.4 is 5.32 Å². The maximum Gasteiger partial charge on any atom is 0.0964 e. The van der Waals surface area contributed by atoms with Gasteiger partial charge >= 0.3 is 0 Å². The van der Waals surface area contributed by atoms with E-state index in [1.165, 1.54) is 0 Å². The van der Waals surface area contributed by atoms with Crippen molar-refractivity contribution in [1.82, 2.24) is 30.1 Å². The Bertz CT molecular complexity index is 559. The van der Waals surface area contributed by atoms with Crippen molar-refractivity contribution < 1.29 is 0 Å². The van der Waals surface area contributed by atoms with Gasteiger partial charge in [-0.2, -0.15) is 5.10 Å². The molecule has 2 heterocycles. The van der Waals surface area contributed by atoms with Gasteiger partial charge in [0, 0.05) is 13.1 Å². The van der Waals surface area contributed by atoms with Crippen molar-refractivity contribution in [1.29, 1.82) is 0 Å². The lowest BCUT2D eigenvalue weighted by molar-refractivity contribution is 0.562. The lowest BCUT2D eigenvalue weighted by Crippen LogP contribution is -2.12. The number of aromatic nitrogens is 5. The molecule has 0 saturated carbocycles. The van der Waals surface area contributed by atoms with Gasteiger partial charge in [-0.3, -0.25) is 4.68 Å². The smallest absolute Gasteiger partial charge is 0.0964 e. The van der Waals surface area contributed by atoms with Crippen LogP contribution in [0.2, 0.25) is 0 Å². The number of aryl methyl sites for hydroxylation is 2. The number of nitrogens with one attached hydrogen (secondary N) is 1. The largest absolute Gasteiger partial charge is 0.311 e. The number of hydrogen-bond donors (Lipinski definition) is 1. The Balaban J connectivity index is 2.16. The highest BCUT2D eigenvalue weighted by Crippen LogP contribution is 2.23. The molecule has 110 valence electrons. The fraction of sp³-hybridized carbons (Fsp3) is 0.615. The van der Waals surface area contributed by atoms with Crippen molar-refractivity contribution >= 4 is 15.9 Å². The second kappa shape index (κ2) is 6.99. The van der Waals surface area contributed by atoms with Crippen molar-refractivity contribution in [2.75, 3.05) is 6.54 Å². The van der Waals surface area contributed by atoms with Gasteiger partial charge in [0.05, 0.1) is 34.3 Å². The van der Waals surface area contributed by atoms with E-state index in [1.807, 2.05) is 15.6 Å². The van der Waals surface area contributed by atoms with Gasteiger partial charge < -0.3 is 5.32 Å². The molecule has 0 aromatic carbocycles. The fourth-order valence-electron chi connectivity index (χ4n) is 2.07. The Morgan fingerprint density at radius 1 is 1.30 bits per heavy atom. The van der Waals surface area contributed by atoms with Crippen LogP contribution in [0.1, 0.15) is 37.9 Å². The molecule has 0 aliphatic heterocycles. The van der Waals surface area contributed by atoms with Gasteiger partial charge in [0.15, 0.2) is 0 Å². The molecule has 0 aliphatic rings. The molecule has 6 nitrogen and oxygen atoms in total. The highest BCUT2D eigenvalue weighted by atomic mass is 79.9. The van der Waals surface area contributed by atoms with Crippen molar-refractivity contribution in [3.63, 3.8) is 0 Å². The minimum Gasteiger partial charge on any atom is -0.311 e. The van der Waals surface area contributed by atoms with Crippen LogP contribution in [0.4, 0.5) is 0 Å². The second-order valence-electron chi connectivity index (χ2n) is 4.56. The zero-order chi connectivity index (χ0) is 14.5. The van der Waals surface area contributed by atoms with Crippen molar-refractivity contribution in [3.05, 3.63) is 27.8 Å². The molecule has 20 heavy (non-hydrogen) atoms. The van der Waals surface area contributed by atoms with Crippen molar-refractivity contribution in [2.24, 2.45) is 0 Å². The Labute approximate surface area is 127 Å². The number of halogens is 1. The van der Waals surface area contributed by atoms with E-state index in [9.17, 15) is 0 Å². The molecule has 0 atom stereocenters. The maximum absolute atomic E-state index is 4.60. The van der Waals surface area contributed by atoms with Gasteiger partial charge in [0.25, 0.3) is 0 Å². The summed E-state index contributed by atoms with van der Waals surface area (Å²) in [5, 5.41) is 16.2. The van der Waals surface area contributed by atoms with Gasteiger partial charge in [-0.1, -0.05) is 19.1 Å². The first-order valence-electron chi connectivity index (χ1n) is 7.03. The Kier molecular flexibility index (Phi) is 5.31. The zero-order valence-corrected chi connectivity index (χ0v) is 13.8. The summed E-state index contributed by atoms with van der Waals surface area (Å²) in [5.74, 6) is 0. The fourth-order valence-corrected chi connectivity index (χ4v) is 2.76. The van der Waals surface area contributed by atoms with E-state index in [-0.39, 0.29) is 0 Å². The van der Waals surface area contributed by atoms with E-state index < -0.39 is 0 Å². The number of nitrogens with zero attached hydrogens (tertiary/aromatic N) is 5. The van der Waals surface area contributed by atoms with Crippen LogP contribution in [0.15, 0.2) is 10.7 Å². The van der Waals surface area contributed by atoms with Gasteiger partial charge in [-0.15, -0.1) is 5.10 Å². The summed E-state index contributed by atoms with van der Waals surface area (Å²) in [6, 6.07) is 0. The van der Waals surface area contributed by atoms with Crippen LogP contribution in [0, 0.1) is 0 Å². The van der Waals surface area contributed by atoms with Gasteiger partial charge in [-0.25, -0.2) is 4.68 Å². The predicted octanol–water partition coefficient (Wildman–Crippen LogP) is 1.98. The van der Waals surface area contributed by atoms with E-state index in [1.54, 1.807) is 0 Å². The van der Waals surface area contributed by atoms with Gasteiger partial charge in [0.2, 0.25) is 0 Å². The van der Waals surface area contributed by atoms with Crippen LogP contribution in [0.25, 0.3) is 0 Å². The van der Waals surface area contributed by atoms with Crippen LogP contribution >= 0.6 is 15.9 Å². The summed E-state index contributed by atoms with van der Waals surface area (Å²) >= 11 is 3.65. The third kappa shape index (κ3) is 3.27. The summed E-state index contributed by atoms with van der Waals surface area (Å²) < 4.78 is 4.97. The molecule has 0 spiro atoms. The van der Waals surface area contributed by atoms with E-state index in [0.29, 0.717) is 6.54 Å². The van der Waals surface area contributed by atoms with Gasteiger partial charge in [0.1, 0.15) is 0 Å². The Morgan fingerprint density at radius 3 is 2.75 bits per heavy atom. The summed E-state index contributed by atoms with van der Waals surface area (Å²) in [7, 11) is 0. The predicted molar refractivity (Wildman–Crippen MR) is 81.5 cm³/mol. The lowest BCUT2D eigenvalue weighted by atomic mass is 10.3. The summed E-state index contributed by atoms with van der Waals surface area (Å²) in [6.45, 7) is 9.51. The van der Waals surface area contributed by atoms with Crippen LogP contribution in [0.3, 0.4) is 0 Å². The lowest BCUT2D eigenvalue weighted by Gasteiger charge is -2.04. The molecule has 0 unspecified atom stereocenters. The molecule has 2 rings (SSSR count). The van der Waals surface area contributed by atoms with Crippen molar-refractivity contribution in [2.45, 2.75) is 46.8 Å². The minimum absolute atomic E-state index is 0.681. The van der Waals surface area contributed by atoms with Crippen LogP contribution in [-0.4, -0.2) is 31.3 Å². The quantitative estimate of drug-likeness (QED) is 0.837. The summed E-state index contributed by atoms with van der Waals surface area (Å²) in [4.78, 5) is 0. The molecule has 0 radical (unpaired) electrons. The first-order valence-corrected chi connectivity index (χ1v) is 7.82. The molecule has 0 saturated heterocycles. The number of rotatable bonds is 7. The van der Waals surface area contributed by atoms with E-state index in [0.717, 1.165) is 47.6 Å². The summed E-state index contributed by atoms with van der Waals surface area (Å²) in [6.07, 6.45) is 2.90. The minimum atomic E-state index is 0.681. The Morgan fingerprint density at radius 2 is 2.10 bits per heavy atom. The molecule has 0 bridgehead atoms. The Hall–Kier alpha value is -1.21. The molecular weight excluding hydrogens is 320 g/mol. The molecule has 1 N–H and O–H groups in total. The molecule has 0 fully saturated rings. The number of hydrogen-bond acceptors (Lipinski definition) is 4. The third-order valence-electron chi connectivity index (χ3n) is 3.15. The molecule has 2 aromatic heterocycles. The topological polar surface area (TPSA) is 60.6 Å². The second-order valence-corrected chi connectivity index (χ2v) is 5.36. The normalized spacial score (nSPS) is 11.2. The van der Waals surface area contributed by atoms with E-state index in [4.69, 9.17) is 0 Å². The highest BCUT2D eigenvalue weighted by molar-refractivity contribution is 9.10. The van der Waals surface area contributed by atoms with Gasteiger partial charge in [-0.05, 0) is 35.8 Å².